The summed E-state index contributed by atoms with van der Waals surface area (Å²) in [6.45, 7) is 0.846. The fourth-order valence-corrected chi connectivity index (χ4v) is 3.15. The minimum atomic E-state index is -1.51. The molecule has 0 atom stereocenters. The van der Waals surface area contributed by atoms with Crippen LogP contribution in [0.4, 0.5) is 24.5 Å². The summed E-state index contributed by atoms with van der Waals surface area (Å²) >= 11 is 0. The van der Waals surface area contributed by atoms with Gasteiger partial charge in [0.05, 0.1) is 36.6 Å². The van der Waals surface area contributed by atoms with Crippen LogP contribution in [0.3, 0.4) is 0 Å². The number of halogens is 3. The Labute approximate surface area is 179 Å². The molecule has 3 rings (SSSR count). The summed E-state index contributed by atoms with van der Waals surface area (Å²) in [4.78, 5) is 27.9. The molecule has 170 valence electrons. The molecule has 2 aromatic rings. The van der Waals surface area contributed by atoms with Gasteiger partial charge in [0, 0.05) is 0 Å². The maximum Gasteiger partial charge on any atom is 0.256 e. The van der Waals surface area contributed by atoms with Crippen molar-refractivity contribution < 1.29 is 28.1 Å². The van der Waals surface area contributed by atoms with Gasteiger partial charge in [-0.1, -0.05) is 11.5 Å². The molecule has 0 spiro atoms. The third-order valence-corrected chi connectivity index (χ3v) is 4.72. The second-order valence-corrected chi connectivity index (χ2v) is 7.35. The summed E-state index contributed by atoms with van der Waals surface area (Å²) in [6.07, 6.45) is 0. The number of nitrogens with one attached hydrogen (secondary N) is 2. The molecule has 0 unspecified atom stereocenters. The van der Waals surface area contributed by atoms with Crippen molar-refractivity contribution in [3.05, 3.63) is 69.0 Å². The summed E-state index contributed by atoms with van der Waals surface area (Å²) in [5.41, 5.74) is 5.02. The minimum absolute atomic E-state index is 0.155. The predicted molar refractivity (Wildman–Crippen MR) is 108 cm³/mol. The van der Waals surface area contributed by atoms with Crippen molar-refractivity contribution in [1.29, 1.82) is 0 Å². The van der Waals surface area contributed by atoms with E-state index in [1.165, 1.54) is 12.1 Å². The SMILES string of the molecule is Cc1ccc(Nc2c(C(=O)N3CC(O)(CN=C(N)N[N+](=O)[O-])C3)ccc(F)c2F)c(F)c1. The number of carbonyl (C=O) groups is 1. The Morgan fingerprint density at radius 3 is 2.59 bits per heavy atom. The summed E-state index contributed by atoms with van der Waals surface area (Å²) in [7, 11) is 0. The van der Waals surface area contributed by atoms with Gasteiger partial charge < -0.3 is 21.1 Å². The Morgan fingerprint density at radius 1 is 1.28 bits per heavy atom. The molecule has 10 nitrogen and oxygen atoms in total. The Morgan fingerprint density at radius 2 is 1.97 bits per heavy atom. The van der Waals surface area contributed by atoms with Crippen molar-refractivity contribution in [3.8, 4) is 0 Å². The van der Waals surface area contributed by atoms with Crippen molar-refractivity contribution in [3.63, 3.8) is 0 Å². The predicted octanol–water partition coefficient (Wildman–Crippen LogP) is 1.44. The second-order valence-electron chi connectivity index (χ2n) is 7.35. The van der Waals surface area contributed by atoms with Crippen molar-refractivity contribution in [2.24, 2.45) is 10.7 Å². The molecule has 5 N–H and O–H groups in total. The summed E-state index contributed by atoms with van der Waals surface area (Å²) in [5, 5.41) is 22.2. The highest BCUT2D eigenvalue weighted by atomic mass is 19.2. The highest BCUT2D eigenvalue weighted by Crippen LogP contribution is 2.31. The standard InChI is InChI=1S/C19H19F3N6O4/c1-10-2-5-14(13(21)6-10)25-16-11(3-4-12(20)15(16)22)17(29)27-8-19(30,9-27)7-24-18(23)26-28(31)32/h2-6,25,30H,7-9H2,1H3,(H3,23,24,26). The van der Waals surface area contributed by atoms with E-state index in [4.69, 9.17) is 5.73 Å². The lowest BCUT2D eigenvalue weighted by molar-refractivity contribution is -0.525. The average molecular weight is 452 g/mol. The van der Waals surface area contributed by atoms with E-state index < -0.39 is 45.6 Å². The van der Waals surface area contributed by atoms with Gasteiger partial charge in [0.25, 0.3) is 11.9 Å². The molecule has 13 heteroatoms. The van der Waals surface area contributed by atoms with Gasteiger partial charge in [-0.2, -0.15) is 0 Å². The van der Waals surface area contributed by atoms with Crippen LogP contribution in [0.25, 0.3) is 0 Å². The number of amides is 1. The van der Waals surface area contributed by atoms with Crippen molar-refractivity contribution >= 4 is 23.2 Å². The number of β-amino-alcohol motifs (C(OH)–C–C–N with tert-alkyl or cyclic N) is 1. The molecule has 1 amide bonds. The maximum atomic E-state index is 14.5. The van der Waals surface area contributed by atoms with Crippen LogP contribution in [-0.4, -0.2) is 52.1 Å². The van der Waals surface area contributed by atoms with E-state index in [9.17, 15) is 33.2 Å². The largest absolute Gasteiger partial charge is 0.384 e. The zero-order valence-corrected chi connectivity index (χ0v) is 16.7. The van der Waals surface area contributed by atoms with Crippen molar-refractivity contribution in [2.75, 3.05) is 25.0 Å². The Bertz CT molecular complexity index is 1100. The number of anilines is 2. The summed E-state index contributed by atoms with van der Waals surface area (Å²) in [5.74, 6) is -4.59. The van der Waals surface area contributed by atoms with E-state index >= 15 is 0 Å². The second kappa shape index (κ2) is 8.70. The lowest BCUT2D eigenvalue weighted by atomic mass is 9.93. The highest BCUT2D eigenvalue weighted by Gasteiger charge is 2.44. The molecule has 1 heterocycles. The number of aliphatic hydroxyl groups is 1. The van der Waals surface area contributed by atoms with Crippen molar-refractivity contribution in [1.82, 2.24) is 10.3 Å². The quantitative estimate of drug-likeness (QED) is 0.224. The van der Waals surface area contributed by atoms with Crippen LogP contribution in [0.1, 0.15) is 15.9 Å². The number of guanidine groups is 1. The van der Waals surface area contributed by atoms with Gasteiger partial charge in [0.1, 0.15) is 11.4 Å². The first-order chi connectivity index (χ1) is 15.0. The molecule has 1 aliphatic heterocycles. The van der Waals surface area contributed by atoms with Gasteiger partial charge in [0.15, 0.2) is 16.7 Å². The minimum Gasteiger partial charge on any atom is -0.384 e. The molecule has 0 saturated carbocycles. The molecule has 0 bridgehead atoms. The highest BCUT2D eigenvalue weighted by molar-refractivity contribution is 6.01. The number of hydrogen-bond donors (Lipinski definition) is 4. The number of rotatable bonds is 6. The van der Waals surface area contributed by atoms with E-state index in [0.29, 0.717) is 5.56 Å². The number of aliphatic imine (C=N–C) groups is 1. The molecule has 0 aromatic heterocycles. The molecule has 1 aliphatic rings. The van der Waals surface area contributed by atoms with Gasteiger partial charge in [-0.15, -0.1) is 0 Å². The monoisotopic (exact) mass is 452 g/mol. The number of aryl methyl sites for hydroxylation is 1. The first-order valence-electron chi connectivity index (χ1n) is 9.23. The Hall–Kier alpha value is -3.87. The maximum absolute atomic E-state index is 14.5. The third kappa shape index (κ3) is 4.88. The summed E-state index contributed by atoms with van der Waals surface area (Å²) < 4.78 is 42.5. The van der Waals surface area contributed by atoms with Gasteiger partial charge in [-0.3, -0.25) is 4.79 Å². The van der Waals surface area contributed by atoms with E-state index in [1.807, 2.05) is 0 Å². The first kappa shape index (κ1) is 22.8. The molecule has 32 heavy (non-hydrogen) atoms. The van der Waals surface area contributed by atoms with E-state index in [-0.39, 0.29) is 30.9 Å². The third-order valence-electron chi connectivity index (χ3n) is 4.72. The lowest BCUT2D eigenvalue weighted by Gasteiger charge is -2.45. The number of likely N-dealkylation sites (tertiary alicyclic amines) is 1. The Kier molecular flexibility index (Phi) is 6.20. The number of nitrogens with two attached hydrogens (primary N) is 1. The van der Waals surface area contributed by atoms with Crippen LogP contribution in [0, 0.1) is 34.5 Å². The van der Waals surface area contributed by atoms with Crippen LogP contribution in [0.2, 0.25) is 0 Å². The van der Waals surface area contributed by atoms with Crippen LogP contribution < -0.4 is 16.5 Å². The van der Waals surface area contributed by atoms with Crippen molar-refractivity contribution in [2.45, 2.75) is 12.5 Å². The molecule has 1 saturated heterocycles. The fraction of sp³-hybridized carbons (Fsp3) is 0.263. The number of benzene rings is 2. The number of hydrazine groups is 1. The molecule has 0 aliphatic carbocycles. The molecular formula is C19H19F3N6O4. The molecular weight excluding hydrogens is 433 g/mol. The van der Waals surface area contributed by atoms with Gasteiger partial charge in [0.2, 0.25) is 0 Å². The molecule has 0 radical (unpaired) electrons. The zero-order chi connectivity index (χ0) is 23.6. The van der Waals surface area contributed by atoms with E-state index in [2.05, 4.69) is 10.3 Å². The van der Waals surface area contributed by atoms with Gasteiger partial charge in [-0.25, -0.2) is 28.3 Å². The molecule has 2 aromatic carbocycles. The summed E-state index contributed by atoms with van der Waals surface area (Å²) in [6, 6.07) is 5.88. The van der Waals surface area contributed by atoms with Gasteiger partial charge >= 0.3 is 0 Å². The van der Waals surface area contributed by atoms with Gasteiger partial charge in [-0.05, 0) is 36.8 Å². The molecule has 1 fully saturated rings. The Balaban J connectivity index is 1.78. The van der Waals surface area contributed by atoms with Crippen LogP contribution in [0.15, 0.2) is 35.3 Å². The van der Waals surface area contributed by atoms with Crippen LogP contribution >= 0.6 is 0 Å². The average Bonchev–Trinajstić information content (AvgIpc) is 2.68. The smallest absolute Gasteiger partial charge is 0.256 e. The number of nitro groups is 1. The number of nitrogens with zero attached hydrogens (tertiary/aromatic N) is 3. The first-order valence-corrected chi connectivity index (χ1v) is 9.23. The topological polar surface area (TPSA) is 146 Å². The zero-order valence-electron chi connectivity index (χ0n) is 16.7. The number of carbonyl (C=O) groups excluding carboxylic acids is 1. The number of hydrogen-bond acceptors (Lipinski definition) is 6. The van der Waals surface area contributed by atoms with Crippen LogP contribution in [-0.2, 0) is 0 Å². The van der Waals surface area contributed by atoms with E-state index in [0.717, 1.165) is 17.0 Å². The van der Waals surface area contributed by atoms with E-state index in [1.54, 1.807) is 18.4 Å². The van der Waals surface area contributed by atoms with Crippen LogP contribution in [0.5, 0.6) is 0 Å². The lowest BCUT2D eigenvalue weighted by Crippen LogP contribution is -2.65. The fourth-order valence-electron chi connectivity index (χ4n) is 3.15. The normalized spacial score (nSPS) is 15.2.